The highest BCUT2D eigenvalue weighted by Crippen LogP contribution is 2.43. The van der Waals surface area contributed by atoms with Gasteiger partial charge in [-0.2, -0.15) is 0 Å². The average molecular weight is 455 g/mol. The maximum absolute atomic E-state index is 13.7. The van der Waals surface area contributed by atoms with Gasteiger partial charge in [-0.15, -0.1) is 0 Å². The number of ether oxygens (including phenoxy) is 4. The first-order valence-corrected chi connectivity index (χ1v) is 11.1. The molecule has 2 atom stereocenters. The number of hydrogen-bond donors (Lipinski definition) is 0. The van der Waals surface area contributed by atoms with Crippen molar-refractivity contribution in [1.82, 2.24) is 4.90 Å². The summed E-state index contributed by atoms with van der Waals surface area (Å²) in [6.07, 6.45) is 0.789. The van der Waals surface area contributed by atoms with Crippen molar-refractivity contribution < 1.29 is 28.5 Å². The Bertz CT molecular complexity index is 987. The van der Waals surface area contributed by atoms with Crippen LogP contribution < -0.4 is 19.1 Å². The van der Waals surface area contributed by atoms with Crippen LogP contribution >= 0.6 is 0 Å². The lowest BCUT2D eigenvalue weighted by Crippen LogP contribution is -2.51. The Morgan fingerprint density at radius 3 is 2.27 bits per heavy atom. The molecule has 0 N–H and O–H groups in total. The van der Waals surface area contributed by atoms with Crippen LogP contribution in [-0.2, 0) is 14.3 Å². The first kappa shape index (κ1) is 22.9. The fourth-order valence-electron chi connectivity index (χ4n) is 4.63. The quantitative estimate of drug-likeness (QED) is 0.668. The van der Waals surface area contributed by atoms with Crippen molar-refractivity contribution in [3.05, 3.63) is 48.0 Å². The Morgan fingerprint density at radius 1 is 0.939 bits per heavy atom. The Hall–Kier alpha value is -3.26. The number of nitrogens with zero attached hydrogens (tertiary/aromatic N) is 2. The third-order valence-corrected chi connectivity index (χ3v) is 6.34. The minimum atomic E-state index is -0.477. The molecule has 0 bridgehead atoms. The van der Waals surface area contributed by atoms with Crippen LogP contribution in [0.1, 0.15) is 24.4 Å². The minimum absolute atomic E-state index is 0.0222. The van der Waals surface area contributed by atoms with Gasteiger partial charge in [0.2, 0.25) is 11.8 Å². The average Bonchev–Trinajstić information content (AvgIpc) is 2.88. The van der Waals surface area contributed by atoms with E-state index in [4.69, 9.17) is 18.9 Å². The molecule has 2 heterocycles. The van der Waals surface area contributed by atoms with Crippen LogP contribution in [0.4, 0.5) is 5.69 Å². The van der Waals surface area contributed by atoms with E-state index >= 15 is 0 Å². The topological polar surface area (TPSA) is 77.5 Å². The fourth-order valence-corrected chi connectivity index (χ4v) is 4.63. The molecule has 2 aliphatic rings. The van der Waals surface area contributed by atoms with E-state index in [-0.39, 0.29) is 17.7 Å². The molecule has 0 aliphatic carbocycles. The van der Waals surface area contributed by atoms with Gasteiger partial charge in [0.1, 0.15) is 5.75 Å². The van der Waals surface area contributed by atoms with Gasteiger partial charge in [-0.1, -0.05) is 6.07 Å². The number of carbonyl (C=O) groups excluding carboxylic acids is 2. The Balaban J connectivity index is 1.78. The van der Waals surface area contributed by atoms with Gasteiger partial charge in [-0.25, -0.2) is 0 Å². The van der Waals surface area contributed by atoms with Crippen molar-refractivity contribution in [2.24, 2.45) is 5.92 Å². The van der Waals surface area contributed by atoms with Crippen LogP contribution in [0.5, 0.6) is 17.2 Å². The Kier molecular flexibility index (Phi) is 7.03. The smallest absolute Gasteiger partial charge is 0.228 e. The summed E-state index contributed by atoms with van der Waals surface area (Å²) in [5.41, 5.74) is 1.54. The van der Waals surface area contributed by atoms with Crippen molar-refractivity contribution in [3.63, 3.8) is 0 Å². The molecule has 33 heavy (non-hydrogen) atoms. The molecule has 8 nitrogen and oxygen atoms in total. The van der Waals surface area contributed by atoms with Gasteiger partial charge in [0, 0.05) is 25.2 Å². The molecule has 2 aliphatic heterocycles. The number of morpholine rings is 1. The van der Waals surface area contributed by atoms with E-state index in [0.29, 0.717) is 56.4 Å². The summed E-state index contributed by atoms with van der Waals surface area (Å²) in [4.78, 5) is 30.5. The molecule has 2 fully saturated rings. The summed E-state index contributed by atoms with van der Waals surface area (Å²) in [5.74, 6) is 1.48. The van der Waals surface area contributed by atoms with E-state index in [1.54, 1.807) is 26.2 Å². The number of anilines is 1. The van der Waals surface area contributed by atoms with Crippen LogP contribution in [0.3, 0.4) is 0 Å². The maximum Gasteiger partial charge on any atom is 0.228 e. The summed E-state index contributed by atoms with van der Waals surface area (Å²) in [6.45, 7) is 2.18. The van der Waals surface area contributed by atoms with E-state index in [9.17, 15) is 9.59 Å². The molecule has 2 saturated heterocycles. The fraction of sp³-hybridized carbons (Fsp3) is 0.440. The minimum Gasteiger partial charge on any atom is -0.497 e. The lowest BCUT2D eigenvalue weighted by atomic mass is 9.82. The molecule has 0 spiro atoms. The molecule has 0 radical (unpaired) electrons. The zero-order chi connectivity index (χ0) is 23.4. The second-order valence-corrected chi connectivity index (χ2v) is 8.10. The van der Waals surface area contributed by atoms with Gasteiger partial charge in [0.25, 0.3) is 0 Å². The van der Waals surface area contributed by atoms with Crippen molar-refractivity contribution in [1.29, 1.82) is 0 Å². The van der Waals surface area contributed by atoms with Gasteiger partial charge in [0.15, 0.2) is 11.5 Å². The predicted molar refractivity (Wildman–Crippen MR) is 123 cm³/mol. The maximum atomic E-state index is 13.7. The van der Waals surface area contributed by atoms with Crippen LogP contribution in [-0.4, -0.2) is 64.3 Å². The molecule has 0 saturated carbocycles. The van der Waals surface area contributed by atoms with E-state index in [1.807, 2.05) is 47.4 Å². The molecule has 0 aromatic heterocycles. The third kappa shape index (κ3) is 4.61. The van der Waals surface area contributed by atoms with Crippen molar-refractivity contribution in [2.75, 3.05) is 52.5 Å². The molecule has 0 unspecified atom stereocenters. The Morgan fingerprint density at radius 2 is 1.64 bits per heavy atom. The summed E-state index contributed by atoms with van der Waals surface area (Å²) < 4.78 is 21.6. The summed E-state index contributed by atoms with van der Waals surface area (Å²) >= 11 is 0. The largest absolute Gasteiger partial charge is 0.497 e. The number of amides is 2. The standard InChI is InChI=1S/C25H30N2O6/c1-30-19-7-5-18(6-8-19)27-23(28)11-9-20(25(29)26-12-14-33-15-13-26)24(27)17-4-10-21(31-2)22(16-17)32-3/h4-8,10,16,20,24H,9,11-15H2,1-3H3/t20-,24+/m0/s1. The second-order valence-electron chi connectivity index (χ2n) is 8.10. The normalized spacial score (nSPS) is 21.0. The molecular formula is C25H30N2O6. The van der Waals surface area contributed by atoms with Crippen molar-refractivity contribution in [2.45, 2.75) is 18.9 Å². The monoisotopic (exact) mass is 454 g/mol. The predicted octanol–water partition coefficient (Wildman–Crippen LogP) is 3.06. The lowest BCUT2D eigenvalue weighted by Gasteiger charge is -2.43. The van der Waals surface area contributed by atoms with E-state index in [1.165, 1.54) is 0 Å². The van der Waals surface area contributed by atoms with Crippen molar-refractivity contribution in [3.8, 4) is 17.2 Å². The highest BCUT2D eigenvalue weighted by Gasteiger charge is 2.43. The number of hydrogen-bond acceptors (Lipinski definition) is 6. The van der Waals surface area contributed by atoms with Gasteiger partial charge in [0.05, 0.1) is 46.5 Å². The summed E-state index contributed by atoms with van der Waals surface area (Å²) in [6, 6.07) is 12.4. The number of methoxy groups -OCH3 is 3. The van der Waals surface area contributed by atoms with E-state index in [0.717, 1.165) is 11.3 Å². The molecular weight excluding hydrogens is 424 g/mol. The van der Waals surface area contributed by atoms with Gasteiger partial charge in [-0.3, -0.25) is 9.59 Å². The first-order chi connectivity index (χ1) is 16.1. The zero-order valence-electron chi connectivity index (χ0n) is 19.3. The number of benzene rings is 2. The zero-order valence-corrected chi connectivity index (χ0v) is 19.3. The van der Waals surface area contributed by atoms with Gasteiger partial charge >= 0.3 is 0 Å². The van der Waals surface area contributed by atoms with Gasteiger partial charge < -0.3 is 28.7 Å². The molecule has 2 aromatic carbocycles. The van der Waals surface area contributed by atoms with Crippen LogP contribution in [0.2, 0.25) is 0 Å². The molecule has 4 rings (SSSR count). The molecule has 176 valence electrons. The lowest BCUT2D eigenvalue weighted by molar-refractivity contribution is -0.142. The van der Waals surface area contributed by atoms with E-state index in [2.05, 4.69) is 0 Å². The summed E-state index contributed by atoms with van der Waals surface area (Å²) in [7, 11) is 4.76. The molecule has 2 aromatic rings. The highest BCUT2D eigenvalue weighted by molar-refractivity contribution is 5.97. The number of piperidine rings is 1. The first-order valence-electron chi connectivity index (χ1n) is 11.1. The number of carbonyl (C=O) groups is 2. The molecule has 8 heteroatoms. The second kappa shape index (κ2) is 10.1. The summed E-state index contributed by atoms with van der Waals surface area (Å²) in [5, 5.41) is 0. The van der Waals surface area contributed by atoms with E-state index < -0.39 is 6.04 Å². The van der Waals surface area contributed by atoms with Crippen LogP contribution in [0.25, 0.3) is 0 Å². The van der Waals surface area contributed by atoms with Crippen molar-refractivity contribution >= 4 is 17.5 Å². The van der Waals surface area contributed by atoms with Crippen LogP contribution in [0, 0.1) is 5.92 Å². The third-order valence-electron chi connectivity index (χ3n) is 6.34. The van der Waals surface area contributed by atoms with Gasteiger partial charge in [-0.05, 0) is 48.4 Å². The van der Waals surface area contributed by atoms with Crippen LogP contribution in [0.15, 0.2) is 42.5 Å². The highest BCUT2D eigenvalue weighted by atomic mass is 16.5. The SMILES string of the molecule is COc1ccc(N2C(=O)CC[C@H](C(=O)N3CCOCC3)[C@H]2c2ccc(OC)c(OC)c2)cc1. The Labute approximate surface area is 194 Å². The molecule has 2 amide bonds. The number of rotatable bonds is 6.